The van der Waals surface area contributed by atoms with Gasteiger partial charge in [0.25, 0.3) is 0 Å². The summed E-state index contributed by atoms with van der Waals surface area (Å²) >= 11 is 0. The SMILES string of the molecule is Cc1cc(C2CN(C(/C=C(\N)c3ccccc3O)=C(N)N)CC(C)O2)c(C)cc1C(=O)O. The van der Waals surface area contributed by atoms with Gasteiger partial charge in [-0.25, -0.2) is 4.79 Å². The standard InChI is InChI=1S/C24H30N4O4/c1-13-9-18(24(30)31)14(2)8-17(13)22-12-28(11-15(3)32-22)20(23(26)27)10-19(25)16-6-4-5-7-21(16)29/h4-10,15,22,29H,11-12,25-27H2,1-3H3,(H,30,31)/b19-10-. The maximum atomic E-state index is 11.5. The lowest BCUT2D eigenvalue weighted by atomic mass is 9.95. The summed E-state index contributed by atoms with van der Waals surface area (Å²) in [5.74, 6) is -0.790. The molecule has 8 nitrogen and oxygen atoms in total. The van der Waals surface area contributed by atoms with Crippen molar-refractivity contribution in [3.63, 3.8) is 0 Å². The van der Waals surface area contributed by atoms with Crippen LogP contribution in [0.4, 0.5) is 0 Å². The fourth-order valence-corrected chi connectivity index (χ4v) is 4.04. The Labute approximate surface area is 187 Å². The molecule has 1 aliphatic heterocycles. The lowest BCUT2D eigenvalue weighted by Gasteiger charge is -2.39. The minimum absolute atomic E-state index is 0.0639. The van der Waals surface area contributed by atoms with E-state index in [2.05, 4.69) is 0 Å². The molecule has 2 aromatic rings. The normalized spacial score (nSPS) is 19.0. The number of allylic oxidation sites excluding steroid dienone is 1. The zero-order valence-electron chi connectivity index (χ0n) is 18.5. The molecule has 0 spiro atoms. The van der Waals surface area contributed by atoms with Crippen LogP contribution in [0.15, 0.2) is 54.0 Å². The van der Waals surface area contributed by atoms with E-state index in [0.29, 0.717) is 35.6 Å². The van der Waals surface area contributed by atoms with Crippen LogP contribution < -0.4 is 17.2 Å². The largest absolute Gasteiger partial charge is 0.507 e. The fraction of sp³-hybridized carbons (Fsp3) is 0.292. The highest BCUT2D eigenvalue weighted by molar-refractivity contribution is 5.89. The molecule has 0 aliphatic carbocycles. The lowest BCUT2D eigenvalue weighted by Crippen LogP contribution is -2.43. The molecule has 8 heteroatoms. The number of aromatic hydroxyl groups is 1. The molecule has 0 aromatic heterocycles. The van der Waals surface area contributed by atoms with E-state index in [1.54, 1.807) is 43.3 Å². The van der Waals surface area contributed by atoms with Crippen LogP contribution in [0.2, 0.25) is 0 Å². The van der Waals surface area contributed by atoms with Gasteiger partial charge in [-0.1, -0.05) is 18.2 Å². The van der Waals surface area contributed by atoms with Crippen LogP contribution in [0.1, 0.15) is 45.6 Å². The Morgan fingerprint density at radius 1 is 1.09 bits per heavy atom. The van der Waals surface area contributed by atoms with Crippen LogP contribution in [0.5, 0.6) is 5.75 Å². The van der Waals surface area contributed by atoms with Gasteiger partial charge in [-0.3, -0.25) is 0 Å². The highest BCUT2D eigenvalue weighted by atomic mass is 16.5. The topological polar surface area (TPSA) is 148 Å². The monoisotopic (exact) mass is 438 g/mol. The number of carboxylic acids is 1. The second kappa shape index (κ2) is 9.23. The summed E-state index contributed by atoms with van der Waals surface area (Å²) in [6.45, 7) is 6.59. The fourth-order valence-electron chi connectivity index (χ4n) is 4.04. The van der Waals surface area contributed by atoms with Crippen molar-refractivity contribution < 1.29 is 19.7 Å². The first-order valence-corrected chi connectivity index (χ1v) is 10.3. The number of rotatable bonds is 5. The molecule has 170 valence electrons. The Morgan fingerprint density at radius 3 is 2.41 bits per heavy atom. The molecule has 1 aliphatic rings. The van der Waals surface area contributed by atoms with Crippen molar-refractivity contribution in [2.24, 2.45) is 17.2 Å². The molecule has 32 heavy (non-hydrogen) atoms. The van der Waals surface area contributed by atoms with E-state index in [-0.39, 0.29) is 29.3 Å². The van der Waals surface area contributed by atoms with E-state index in [0.717, 1.165) is 11.1 Å². The number of ether oxygens (including phenoxy) is 1. The molecule has 0 radical (unpaired) electrons. The van der Waals surface area contributed by atoms with Gasteiger partial charge in [0.15, 0.2) is 0 Å². The van der Waals surface area contributed by atoms with Crippen molar-refractivity contribution in [1.82, 2.24) is 4.90 Å². The minimum Gasteiger partial charge on any atom is -0.507 e. The van der Waals surface area contributed by atoms with Crippen LogP contribution in [-0.4, -0.2) is 40.3 Å². The molecule has 0 bridgehead atoms. The predicted molar refractivity (Wildman–Crippen MR) is 123 cm³/mol. The molecule has 1 fully saturated rings. The molecule has 3 rings (SSSR count). The lowest BCUT2D eigenvalue weighted by molar-refractivity contribution is -0.0686. The van der Waals surface area contributed by atoms with Gasteiger partial charge in [0.2, 0.25) is 0 Å². The van der Waals surface area contributed by atoms with Crippen molar-refractivity contribution in [3.8, 4) is 5.75 Å². The molecule has 1 heterocycles. The van der Waals surface area contributed by atoms with Crippen molar-refractivity contribution >= 4 is 11.7 Å². The van der Waals surface area contributed by atoms with Crippen molar-refractivity contribution in [1.29, 1.82) is 0 Å². The Bertz CT molecular complexity index is 1090. The summed E-state index contributed by atoms with van der Waals surface area (Å²) in [7, 11) is 0. The van der Waals surface area contributed by atoms with Crippen LogP contribution in [0.3, 0.4) is 0 Å². The number of benzene rings is 2. The third-order valence-electron chi connectivity index (χ3n) is 5.59. The first-order valence-electron chi connectivity index (χ1n) is 10.3. The minimum atomic E-state index is -0.956. The maximum Gasteiger partial charge on any atom is 0.335 e. The van der Waals surface area contributed by atoms with E-state index in [1.165, 1.54) is 0 Å². The molecule has 2 aromatic carbocycles. The number of hydrogen-bond donors (Lipinski definition) is 5. The summed E-state index contributed by atoms with van der Waals surface area (Å²) < 4.78 is 6.19. The van der Waals surface area contributed by atoms with Crippen LogP contribution in [0, 0.1) is 13.8 Å². The molecule has 0 saturated carbocycles. The number of morpholine rings is 1. The Hall–Kier alpha value is -3.65. The zero-order chi connectivity index (χ0) is 23.6. The second-order valence-electron chi connectivity index (χ2n) is 8.13. The number of hydrogen-bond acceptors (Lipinski definition) is 7. The van der Waals surface area contributed by atoms with Crippen molar-refractivity contribution in [2.75, 3.05) is 13.1 Å². The molecule has 0 amide bonds. The zero-order valence-corrected chi connectivity index (χ0v) is 18.5. The van der Waals surface area contributed by atoms with E-state index in [4.69, 9.17) is 21.9 Å². The third-order valence-corrected chi connectivity index (χ3v) is 5.59. The number of phenolic OH excluding ortho intramolecular Hbond substituents is 1. The molecule has 1 saturated heterocycles. The first-order chi connectivity index (χ1) is 15.1. The Balaban J connectivity index is 1.95. The number of aromatic carboxylic acids is 1. The third kappa shape index (κ3) is 4.81. The smallest absolute Gasteiger partial charge is 0.335 e. The van der Waals surface area contributed by atoms with Gasteiger partial charge in [-0.15, -0.1) is 0 Å². The number of carboxylic acid groups (broad SMARTS) is 1. The van der Waals surface area contributed by atoms with Gasteiger partial charge in [0.05, 0.1) is 17.4 Å². The van der Waals surface area contributed by atoms with Gasteiger partial charge in [-0.2, -0.15) is 0 Å². The quantitative estimate of drug-likeness (QED) is 0.447. The molecular formula is C24H30N4O4. The van der Waals surface area contributed by atoms with Crippen LogP contribution in [-0.2, 0) is 4.74 Å². The Kier molecular flexibility index (Phi) is 6.64. The van der Waals surface area contributed by atoms with Crippen molar-refractivity contribution in [2.45, 2.75) is 33.0 Å². The van der Waals surface area contributed by atoms with Crippen molar-refractivity contribution in [3.05, 3.63) is 81.8 Å². The number of para-hydroxylation sites is 1. The maximum absolute atomic E-state index is 11.5. The highest BCUT2D eigenvalue weighted by Gasteiger charge is 2.30. The summed E-state index contributed by atoms with van der Waals surface area (Å²) in [5.41, 5.74) is 22.3. The molecule has 2 unspecified atom stereocenters. The number of aryl methyl sites for hydroxylation is 2. The van der Waals surface area contributed by atoms with Gasteiger partial charge < -0.3 is 37.1 Å². The van der Waals surface area contributed by atoms with E-state index >= 15 is 0 Å². The molecular weight excluding hydrogens is 408 g/mol. The molecule has 8 N–H and O–H groups in total. The number of phenols is 1. The average Bonchev–Trinajstić information content (AvgIpc) is 2.72. The van der Waals surface area contributed by atoms with Gasteiger partial charge in [0, 0.05) is 24.4 Å². The van der Waals surface area contributed by atoms with Gasteiger partial charge >= 0.3 is 5.97 Å². The number of nitrogens with zero attached hydrogens (tertiary/aromatic N) is 1. The summed E-state index contributed by atoms with van der Waals surface area (Å²) in [4.78, 5) is 13.5. The van der Waals surface area contributed by atoms with E-state index < -0.39 is 5.97 Å². The number of carbonyl (C=O) groups is 1. The van der Waals surface area contributed by atoms with Gasteiger partial charge in [-0.05, 0) is 61.7 Å². The van der Waals surface area contributed by atoms with E-state index in [1.807, 2.05) is 24.8 Å². The summed E-state index contributed by atoms with van der Waals surface area (Å²) in [6, 6.07) is 10.3. The summed E-state index contributed by atoms with van der Waals surface area (Å²) in [6.07, 6.45) is 1.21. The van der Waals surface area contributed by atoms with Crippen LogP contribution >= 0.6 is 0 Å². The first kappa shape index (κ1) is 23.0. The predicted octanol–water partition coefficient (Wildman–Crippen LogP) is 2.56. The average molecular weight is 439 g/mol. The number of nitrogens with two attached hydrogens (primary N) is 3. The summed E-state index contributed by atoms with van der Waals surface area (Å²) in [5, 5.41) is 19.5. The Morgan fingerprint density at radius 2 is 1.78 bits per heavy atom. The van der Waals surface area contributed by atoms with Crippen LogP contribution in [0.25, 0.3) is 5.70 Å². The molecule has 2 atom stereocenters. The highest BCUT2D eigenvalue weighted by Crippen LogP contribution is 2.32. The van der Waals surface area contributed by atoms with Gasteiger partial charge in [0.1, 0.15) is 17.7 Å². The van der Waals surface area contributed by atoms with E-state index in [9.17, 15) is 15.0 Å². The second-order valence-corrected chi connectivity index (χ2v) is 8.13.